The summed E-state index contributed by atoms with van der Waals surface area (Å²) in [6.07, 6.45) is 3.65. The molecule has 0 aliphatic heterocycles. The second-order valence-corrected chi connectivity index (χ2v) is 4.21. The van der Waals surface area contributed by atoms with Crippen molar-refractivity contribution in [1.29, 1.82) is 0 Å². The van der Waals surface area contributed by atoms with E-state index in [2.05, 4.69) is 5.10 Å². The SMILES string of the molecule is Cc1cnn(Cc2ccsc2C(=O)O)c1. The van der Waals surface area contributed by atoms with Gasteiger partial charge in [0.1, 0.15) is 4.88 Å². The van der Waals surface area contributed by atoms with Crippen LogP contribution in [0.3, 0.4) is 0 Å². The number of hydrogen-bond donors (Lipinski definition) is 1. The summed E-state index contributed by atoms with van der Waals surface area (Å²) in [7, 11) is 0. The first-order valence-corrected chi connectivity index (χ1v) is 5.33. The Kier molecular flexibility index (Phi) is 2.55. The van der Waals surface area contributed by atoms with E-state index >= 15 is 0 Å². The molecule has 15 heavy (non-hydrogen) atoms. The fraction of sp³-hybridized carbons (Fsp3) is 0.200. The van der Waals surface area contributed by atoms with Crippen LogP contribution < -0.4 is 0 Å². The third kappa shape index (κ3) is 2.07. The van der Waals surface area contributed by atoms with Crippen molar-refractivity contribution in [3.63, 3.8) is 0 Å². The highest BCUT2D eigenvalue weighted by Gasteiger charge is 2.11. The zero-order valence-electron chi connectivity index (χ0n) is 8.17. The second-order valence-electron chi connectivity index (χ2n) is 3.30. The van der Waals surface area contributed by atoms with Gasteiger partial charge in [-0.3, -0.25) is 4.68 Å². The standard InChI is InChI=1S/C10H10N2O2S/c1-7-4-11-12(5-7)6-8-2-3-15-9(8)10(13)14/h2-5H,6H2,1H3,(H,13,14). The van der Waals surface area contributed by atoms with Gasteiger partial charge in [0.15, 0.2) is 0 Å². The maximum Gasteiger partial charge on any atom is 0.346 e. The van der Waals surface area contributed by atoms with Gasteiger partial charge in [-0.15, -0.1) is 11.3 Å². The molecule has 0 unspecified atom stereocenters. The molecule has 0 saturated heterocycles. The van der Waals surface area contributed by atoms with Crippen LogP contribution >= 0.6 is 11.3 Å². The van der Waals surface area contributed by atoms with Gasteiger partial charge in [-0.2, -0.15) is 5.10 Å². The zero-order chi connectivity index (χ0) is 10.8. The summed E-state index contributed by atoms with van der Waals surface area (Å²) in [6, 6.07) is 1.82. The van der Waals surface area contributed by atoms with Crippen molar-refractivity contribution in [2.75, 3.05) is 0 Å². The van der Waals surface area contributed by atoms with Crippen molar-refractivity contribution in [3.8, 4) is 0 Å². The number of aryl methyl sites for hydroxylation is 1. The summed E-state index contributed by atoms with van der Waals surface area (Å²) >= 11 is 1.24. The topological polar surface area (TPSA) is 55.1 Å². The number of aromatic carboxylic acids is 1. The Bertz CT molecular complexity index is 487. The number of aromatic nitrogens is 2. The van der Waals surface area contributed by atoms with Gasteiger partial charge in [-0.25, -0.2) is 4.79 Å². The Labute approximate surface area is 90.8 Å². The molecule has 0 bridgehead atoms. The van der Waals surface area contributed by atoms with Gasteiger partial charge in [0.25, 0.3) is 0 Å². The smallest absolute Gasteiger partial charge is 0.346 e. The Morgan fingerprint density at radius 3 is 3.07 bits per heavy atom. The lowest BCUT2D eigenvalue weighted by Crippen LogP contribution is -2.04. The van der Waals surface area contributed by atoms with Gasteiger partial charge in [-0.1, -0.05) is 0 Å². The molecule has 78 valence electrons. The molecule has 0 radical (unpaired) electrons. The summed E-state index contributed by atoms with van der Waals surface area (Å²) in [5.41, 5.74) is 1.87. The molecule has 2 rings (SSSR count). The van der Waals surface area contributed by atoms with Gasteiger partial charge in [0, 0.05) is 6.20 Å². The van der Waals surface area contributed by atoms with E-state index in [9.17, 15) is 4.79 Å². The van der Waals surface area contributed by atoms with Crippen molar-refractivity contribution >= 4 is 17.3 Å². The number of carboxylic acids is 1. The lowest BCUT2D eigenvalue weighted by Gasteiger charge is -2.00. The van der Waals surface area contributed by atoms with E-state index in [1.54, 1.807) is 16.3 Å². The highest BCUT2D eigenvalue weighted by atomic mass is 32.1. The average molecular weight is 222 g/mol. The molecule has 5 heteroatoms. The van der Waals surface area contributed by atoms with Gasteiger partial charge in [-0.05, 0) is 29.5 Å². The van der Waals surface area contributed by atoms with Gasteiger partial charge in [0.05, 0.1) is 12.7 Å². The molecule has 0 saturated carbocycles. The van der Waals surface area contributed by atoms with Gasteiger partial charge in [0.2, 0.25) is 0 Å². The van der Waals surface area contributed by atoms with E-state index in [0.29, 0.717) is 11.4 Å². The van der Waals surface area contributed by atoms with Crippen molar-refractivity contribution < 1.29 is 9.90 Å². The average Bonchev–Trinajstić information content (AvgIpc) is 2.75. The molecule has 4 nitrogen and oxygen atoms in total. The van der Waals surface area contributed by atoms with E-state index in [1.165, 1.54) is 11.3 Å². The van der Waals surface area contributed by atoms with E-state index in [-0.39, 0.29) is 0 Å². The molecule has 0 aliphatic carbocycles. The van der Waals surface area contributed by atoms with E-state index in [0.717, 1.165) is 11.1 Å². The van der Waals surface area contributed by atoms with Crippen LogP contribution in [0.5, 0.6) is 0 Å². The number of thiophene rings is 1. The van der Waals surface area contributed by atoms with Crippen molar-refractivity contribution in [2.24, 2.45) is 0 Å². The first-order valence-electron chi connectivity index (χ1n) is 4.45. The normalized spacial score (nSPS) is 10.5. The molecule has 1 N–H and O–H groups in total. The van der Waals surface area contributed by atoms with E-state index in [4.69, 9.17) is 5.11 Å². The maximum atomic E-state index is 10.9. The molecule has 0 aliphatic rings. The number of hydrogen-bond acceptors (Lipinski definition) is 3. The van der Waals surface area contributed by atoms with Crippen LogP contribution in [-0.2, 0) is 6.54 Å². The number of carboxylic acid groups (broad SMARTS) is 1. The van der Waals surface area contributed by atoms with Crippen LogP contribution in [0.25, 0.3) is 0 Å². The summed E-state index contributed by atoms with van der Waals surface area (Å²) < 4.78 is 1.74. The number of rotatable bonds is 3. The largest absolute Gasteiger partial charge is 0.477 e. The van der Waals surface area contributed by atoms with Crippen LogP contribution in [0.15, 0.2) is 23.8 Å². The first-order chi connectivity index (χ1) is 7.16. The Morgan fingerprint density at radius 1 is 1.67 bits per heavy atom. The Hall–Kier alpha value is -1.62. The molecule has 2 aromatic heterocycles. The van der Waals surface area contributed by atoms with Crippen molar-refractivity contribution in [1.82, 2.24) is 9.78 Å². The fourth-order valence-electron chi connectivity index (χ4n) is 1.38. The number of carbonyl (C=O) groups is 1. The molecule has 0 spiro atoms. The molecule has 0 fully saturated rings. The minimum atomic E-state index is -0.871. The summed E-state index contributed by atoms with van der Waals surface area (Å²) in [6.45, 7) is 2.47. The third-order valence-corrected chi connectivity index (χ3v) is 2.98. The predicted molar refractivity (Wildman–Crippen MR) is 57.3 cm³/mol. The third-order valence-electron chi connectivity index (χ3n) is 2.04. The summed E-state index contributed by atoms with van der Waals surface area (Å²) in [4.78, 5) is 11.3. The lowest BCUT2D eigenvalue weighted by atomic mass is 10.2. The summed E-state index contributed by atoms with van der Waals surface area (Å²) in [5.74, 6) is -0.871. The van der Waals surface area contributed by atoms with Crippen LogP contribution in [0, 0.1) is 6.92 Å². The second kappa shape index (κ2) is 3.86. The van der Waals surface area contributed by atoms with Crippen molar-refractivity contribution in [3.05, 3.63) is 39.8 Å². The highest BCUT2D eigenvalue weighted by Crippen LogP contribution is 2.17. The maximum absolute atomic E-state index is 10.9. The number of nitrogens with zero attached hydrogens (tertiary/aromatic N) is 2. The Balaban J connectivity index is 2.24. The fourth-order valence-corrected chi connectivity index (χ4v) is 2.13. The molecule has 0 amide bonds. The van der Waals surface area contributed by atoms with Crippen LogP contribution in [0.1, 0.15) is 20.8 Å². The lowest BCUT2D eigenvalue weighted by molar-refractivity contribution is 0.0701. The van der Waals surface area contributed by atoms with Crippen LogP contribution in [-0.4, -0.2) is 20.9 Å². The predicted octanol–water partition coefficient (Wildman–Crippen LogP) is 2.00. The molecular weight excluding hydrogens is 212 g/mol. The molecule has 2 aromatic rings. The molecule has 0 atom stereocenters. The van der Waals surface area contributed by atoms with Gasteiger partial charge < -0.3 is 5.11 Å². The quantitative estimate of drug-likeness (QED) is 0.864. The van der Waals surface area contributed by atoms with Gasteiger partial charge >= 0.3 is 5.97 Å². The molecular formula is C10H10N2O2S. The minimum Gasteiger partial charge on any atom is -0.477 e. The highest BCUT2D eigenvalue weighted by molar-refractivity contribution is 7.12. The zero-order valence-corrected chi connectivity index (χ0v) is 8.99. The van der Waals surface area contributed by atoms with Crippen LogP contribution in [0.2, 0.25) is 0 Å². The van der Waals surface area contributed by atoms with Crippen LogP contribution in [0.4, 0.5) is 0 Å². The molecule has 0 aromatic carbocycles. The van der Waals surface area contributed by atoms with E-state index < -0.39 is 5.97 Å². The van der Waals surface area contributed by atoms with E-state index in [1.807, 2.05) is 19.2 Å². The Morgan fingerprint density at radius 2 is 2.47 bits per heavy atom. The molecule has 2 heterocycles. The first kappa shape index (κ1) is 9.92. The minimum absolute atomic E-state index is 0.392. The monoisotopic (exact) mass is 222 g/mol. The van der Waals surface area contributed by atoms with Crippen molar-refractivity contribution in [2.45, 2.75) is 13.5 Å². The summed E-state index contributed by atoms with van der Waals surface area (Å²) in [5, 5.41) is 14.8.